The van der Waals surface area contributed by atoms with Gasteiger partial charge in [0.25, 0.3) is 0 Å². The van der Waals surface area contributed by atoms with Crippen molar-refractivity contribution in [3.63, 3.8) is 0 Å². The number of nitrogens with one attached hydrogen (secondary N) is 1. The van der Waals surface area contributed by atoms with Crippen LogP contribution in [0.5, 0.6) is 23.5 Å². The van der Waals surface area contributed by atoms with E-state index in [4.69, 9.17) is 14.2 Å². The molecule has 0 amide bonds. The van der Waals surface area contributed by atoms with Crippen molar-refractivity contribution in [2.45, 2.75) is 0 Å². The van der Waals surface area contributed by atoms with Crippen LogP contribution in [0.2, 0.25) is 0 Å². The van der Waals surface area contributed by atoms with Gasteiger partial charge in [0.2, 0.25) is 11.8 Å². The summed E-state index contributed by atoms with van der Waals surface area (Å²) >= 11 is 0. The number of benzene rings is 1. The maximum Gasteiger partial charge on any atom is 0.328 e. The van der Waals surface area contributed by atoms with Gasteiger partial charge < -0.3 is 14.2 Å². The third-order valence-corrected chi connectivity index (χ3v) is 3.23. The SMILES string of the molecule is COc1cc(OC)nc(Oc2cccnc2C=NNc2ccccc2)n1. The average molecular weight is 351 g/mol. The van der Waals surface area contributed by atoms with Gasteiger partial charge in [-0.1, -0.05) is 18.2 Å². The highest BCUT2D eigenvalue weighted by atomic mass is 16.5. The van der Waals surface area contributed by atoms with Crippen LogP contribution in [0.1, 0.15) is 5.69 Å². The number of hydrazone groups is 1. The van der Waals surface area contributed by atoms with Crippen LogP contribution in [-0.2, 0) is 0 Å². The molecule has 3 rings (SSSR count). The summed E-state index contributed by atoms with van der Waals surface area (Å²) in [7, 11) is 3.01. The van der Waals surface area contributed by atoms with Gasteiger partial charge in [-0.2, -0.15) is 15.1 Å². The molecule has 0 radical (unpaired) electrons. The molecule has 3 aromatic rings. The van der Waals surface area contributed by atoms with Crippen LogP contribution in [0.3, 0.4) is 0 Å². The lowest BCUT2D eigenvalue weighted by Crippen LogP contribution is -2.01. The molecule has 0 aliphatic rings. The predicted octanol–water partition coefficient (Wildman–Crippen LogP) is 3.13. The van der Waals surface area contributed by atoms with Crippen LogP contribution in [0.25, 0.3) is 0 Å². The third kappa shape index (κ3) is 4.44. The zero-order valence-corrected chi connectivity index (χ0v) is 14.3. The largest absolute Gasteiger partial charge is 0.481 e. The van der Waals surface area contributed by atoms with E-state index in [0.29, 0.717) is 23.2 Å². The predicted molar refractivity (Wildman–Crippen MR) is 97.1 cm³/mol. The van der Waals surface area contributed by atoms with Gasteiger partial charge in [-0.05, 0) is 24.3 Å². The fourth-order valence-electron chi connectivity index (χ4n) is 2.00. The van der Waals surface area contributed by atoms with Gasteiger partial charge >= 0.3 is 6.01 Å². The van der Waals surface area contributed by atoms with E-state index >= 15 is 0 Å². The van der Waals surface area contributed by atoms with Gasteiger partial charge in [0, 0.05) is 6.20 Å². The van der Waals surface area contributed by atoms with Gasteiger partial charge in [0.1, 0.15) is 5.69 Å². The third-order valence-electron chi connectivity index (χ3n) is 3.23. The Labute approximate surface area is 150 Å². The van der Waals surface area contributed by atoms with E-state index in [2.05, 4.69) is 25.5 Å². The Bertz CT molecular complexity index is 865. The highest BCUT2D eigenvalue weighted by Gasteiger charge is 2.10. The van der Waals surface area contributed by atoms with E-state index in [1.807, 2.05) is 30.3 Å². The Morgan fingerprint density at radius 3 is 2.38 bits per heavy atom. The Kier molecular flexibility index (Phi) is 5.56. The number of anilines is 1. The van der Waals surface area contributed by atoms with Gasteiger partial charge in [0.05, 0.1) is 32.2 Å². The minimum absolute atomic E-state index is 0.0832. The molecular formula is C18H17N5O3. The molecule has 0 spiro atoms. The molecule has 0 bridgehead atoms. The topological polar surface area (TPSA) is 90.8 Å². The molecule has 0 saturated heterocycles. The molecule has 0 unspecified atom stereocenters. The van der Waals surface area contributed by atoms with Crippen LogP contribution >= 0.6 is 0 Å². The summed E-state index contributed by atoms with van der Waals surface area (Å²) < 4.78 is 16.0. The minimum Gasteiger partial charge on any atom is -0.481 e. The molecule has 0 aliphatic heterocycles. The van der Waals surface area contributed by atoms with Crippen LogP contribution in [0.4, 0.5) is 5.69 Å². The number of ether oxygens (including phenoxy) is 3. The number of para-hydroxylation sites is 1. The maximum absolute atomic E-state index is 5.73. The average Bonchev–Trinajstić information content (AvgIpc) is 2.69. The zero-order valence-electron chi connectivity index (χ0n) is 14.3. The van der Waals surface area contributed by atoms with Crippen molar-refractivity contribution in [2.24, 2.45) is 5.10 Å². The second-order valence-corrected chi connectivity index (χ2v) is 4.96. The summed E-state index contributed by atoms with van der Waals surface area (Å²) in [4.78, 5) is 12.5. The summed E-state index contributed by atoms with van der Waals surface area (Å²) in [6, 6.07) is 14.7. The highest BCUT2D eigenvalue weighted by molar-refractivity contribution is 5.81. The number of nitrogens with zero attached hydrogens (tertiary/aromatic N) is 4. The standard InChI is InChI=1S/C18H17N5O3/c1-24-16-11-17(25-2)22-18(21-16)26-15-9-6-10-19-14(15)12-20-23-13-7-4-3-5-8-13/h3-12,23H,1-2H3. The van der Waals surface area contributed by atoms with E-state index in [9.17, 15) is 0 Å². The van der Waals surface area contributed by atoms with Gasteiger partial charge in [-0.3, -0.25) is 10.4 Å². The summed E-state index contributed by atoms with van der Waals surface area (Å²) in [6.45, 7) is 0. The monoisotopic (exact) mass is 351 g/mol. The fraction of sp³-hybridized carbons (Fsp3) is 0.111. The molecule has 26 heavy (non-hydrogen) atoms. The zero-order chi connectivity index (χ0) is 18.2. The van der Waals surface area contributed by atoms with Crippen molar-refractivity contribution in [3.05, 3.63) is 60.4 Å². The first-order valence-electron chi connectivity index (χ1n) is 7.72. The van der Waals surface area contributed by atoms with E-state index in [1.165, 1.54) is 14.2 Å². The van der Waals surface area contributed by atoms with Gasteiger partial charge in [-0.25, -0.2) is 0 Å². The summed E-state index contributed by atoms with van der Waals surface area (Å²) in [5.74, 6) is 1.11. The number of methoxy groups -OCH3 is 2. The van der Waals surface area contributed by atoms with E-state index in [1.54, 1.807) is 30.6 Å². The van der Waals surface area contributed by atoms with Crippen molar-refractivity contribution in [1.82, 2.24) is 15.0 Å². The molecule has 0 atom stereocenters. The Morgan fingerprint density at radius 2 is 1.69 bits per heavy atom. The summed E-state index contributed by atoms with van der Waals surface area (Å²) in [5, 5.41) is 4.17. The van der Waals surface area contributed by atoms with Crippen molar-refractivity contribution in [2.75, 3.05) is 19.6 Å². The second kappa shape index (κ2) is 8.43. The molecule has 1 N–H and O–H groups in total. The molecule has 0 aliphatic carbocycles. The van der Waals surface area contributed by atoms with Crippen molar-refractivity contribution in [1.29, 1.82) is 0 Å². The fourth-order valence-corrected chi connectivity index (χ4v) is 2.00. The molecular weight excluding hydrogens is 334 g/mol. The van der Waals surface area contributed by atoms with Crippen molar-refractivity contribution >= 4 is 11.9 Å². The minimum atomic E-state index is 0.0832. The molecule has 2 aromatic heterocycles. The first-order valence-corrected chi connectivity index (χ1v) is 7.72. The van der Waals surface area contributed by atoms with Gasteiger partial charge in [0.15, 0.2) is 5.75 Å². The molecule has 0 saturated carbocycles. The van der Waals surface area contributed by atoms with Crippen molar-refractivity contribution < 1.29 is 14.2 Å². The number of aromatic nitrogens is 3. The number of pyridine rings is 1. The first kappa shape index (κ1) is 17.2. The van der Waals surface area contributed by atoms with Crippen molar-refractivity contribution in [3.8, 4) is 23.5 Å². The van der Waals surface area contributed by atoms with Crippen LogP contribution in [0, 0.1) is 0 Å². The van der Waals surface area contributed by atoms with E-state index < -0.39 is 0 Å². The first-order chi connectivity index (χ1) is 12.8. The maximum atomic E-state index is 5.73. The molecule has 0 fully saturated rings. The molecule has 8 heteroatoms. The molecule has 8 nitrogen and oxygen atoms in total. The number of rotatable bonds is 7. The van der Waals surface area contributed by atoms with Crippen LogP contribution in [-0.4, -0.2) is 35.4 Å². The quantitative estimate of drug-likeness (QED) is 0.516. The smallest absolute Gasteiger partial charge is 0.328 e. The van der Waals surface area contributed by atoms with E-state index in [0.717, 1.165) is 5.69 Å². The molecule has 132 valence electrons. The highest BCUT2D eigenvalue weighted by Crippen LogP contribution is 2.24. The Balaban J connectivity index is 1.79. The summed E-state index contributed by atoms with van der Waals surface area (Å²) in [5.41, 5.74) is 4.30. The van der Waals surface area contributed by atoms with Crippen LogP contribution < -0.4 is 19.6 Å². The number of hydrogen-bond acceptors (Lipinski definition) is 8. The molecule has 1 aromatic carbocycles. The second-order valence-electron chi connectivity index (χ2n) is 4.96. The lowest BCUT2D eigenvalue weighted by molar-refractivity contribution is 0.347. The normalized spacial score (nSPS) is 10.5. The lowest BCUT2D eigenvalue weighted by atomic mass is 10.3. The molecule has 2 heterocycles. The van der Waals surface area contributed by atoms with Crippen LogP contribution in [0.15, 0.2) is 59.8 Å². The Hall–Kier alpha value is -3.68. The van der Waals surface area contributed by atoms with E-state index in [-0.39, 0.29) is 6.01 Å². The summed E-state index contributed by atoms with van der Waals surface area (Å²) in [6.07, 6.45) is 3.20. The lowest BCUT2D eigenvalue weighted by Gasteiger charge is -2.08. The number of hydrogen-bond donors (Lipinski definition) is 1. The van der Waals surface area contributed by atoms with Gasteiger partial charge in [-0.15, -0.1) is 0 Å². The Morgan fingerprint density at radius 1 is 0.962 bits per heavy atom.